The van der Waals surface area contributed by atoms with E-state index in [0.29, 0.717) is 5.56 Å². The van der Waals surface area contributed by atoms with Gasteiger partial charge in [0.15, 0.2) is 5.78 Å². The highest BCUT2D eigenvalue weighted by atomic mass is 35.7. The molecule has 0 amide bonds. The van der Waals surface area contributed by atoms with Crippen molar-refractivity contribution in [1.82, 2.24) is 0 Å². The van der Waals surface area contributed by atoms with Crippen molar-refractivity contribution in [3.8, 4) is 0 Å². The van der Waals surface area contributed by atoms with Gasteiger partial charge in [0.05, 0.1) is 0 Å². The lowest BCUT2D eigenvalue weighted by Crippen LogP contribution is -2.11. The topological polar surface area (TPSA) is 17.1 Å². The van der Waals surface area contributed by atoms with Gasteiger partial charge in [0.2, 0.25) is 6.69 Å². The zero-order valence-electron chi connectivity index (χ0n) is 13.1. The molecule has 2 aromatic carbocycles. The number of benzene rings is 2. The predicted molar refractivity (Wildman–Crippen MR) is 103 cm³/mol. The van der Waals surface area contributed by atoms with Crippen LogP contribution in [-0.4, -0.2) is 12.5 Å². The van der Waals surface area contributed by atoms with Crippen molar-refractivity contribution in [2.45, 2.75) is 25.4 Å². The minimum atomic E-state index is -1.98. The van der Waals surface area contributed by atoms with Crippen molar-refractivity contribution in [2.75, 3.05) is 0 Å². The molecule has 4 heteroatoms. The van der Waals surface area contributed by atoms with Gasteiger partial charge in [0, 0.05) is 5.56 Å². The fourth-order valence-corrected chi connectivity index (χ4v) is 3.87. The van der Waals surface area contributed by atoms with Gasteiger partial charge in [-0.05, 0) is 42.6 Å². The Morgan fingerprint density at radius 2 is 1.70 bits per heavy atom. The number of hydrogen-bond donors (Lipinski definition) is 0. The summed E-state index contributed by atoms with van der Waals surface area (Å²) in [7, 11) is 0. The molecule has 23 heavy (non-hydrogen) atoms. The van der Waals surface area contributed by atoms with Gasteiger partial charge in [0.25, 0.3) is 0 Å². The van der Waals surface area contributed by atoms with E-state index in [1.807, 2.05) is 55.1 Å². The number of carbonyl (C=O) groups excluding carboxylic acids is 1. The number of hydrogen-bond acceptors (Lipinski definition) is 1. The number of carbonyl (C=O) groups is 1. The Labute approximate surface area is 148 Å². The molecule has 0 aliphatic carbocycles. The van der Waals surface area contributed by atoms with Crippen LogP contribution in [0.1, 0.15) is 27.9 Å². The first-order valence-corrected chi connectivity index (χ1v) is 12.4. The summed E-state index contributed by atoms with van der Waals surface area (Å²) in [6, 6.07) is 18.4. The summed E-state index contributed by atoms with van der Waals surface area (Å²) in [6.45, 7) is -0.0316. The molecule has 0 bridgehead atoms. The van der Waals surface area contributed by atoms with E-state index in [-0.39, 0.29) is 5.78 Å². The smallest absolute Gasteiger partial charge is 0.248 e. The molecule has 0 saturated heterocycles. The highest BCUT2D eigenvalue weighted by molar-refractivity contribution is 7.44. The summed E-state index contributed by atoms with van der Waals surface area (Å²) in [5, 5.41) is 0. The van der Waals surface area contributed by atoms with Crippen molar-refractivity contribution in [1.29, 1.82) is 0 Å². The monoisotopic (exact) mass is 362 g/mol. The summed E-state index contributed by atoms with van der Waals surface area (Å²) in [5.74, 6) is 0.0168. The largest absolute Gasteiger partial charge is 0.289 e. The van der Waals surface area contributed by atoms with Crippen LogP contribution in [0.25, 0.3) is 6.08 Å². The van der Waals surface area contributed by atoms with Crippen LogP contribution in [0.5, 0.6) is 0 Å². The van der Waals surface area contributed by atoms with Crippen molar-refractivity contribution in [3.63, 3.8) is 0 Å². The van der Waals surface area contributed by atoms with Gasteiger partial charge >= 0.3 is 0 Å². The number of aryl methyl sites for hydroxylation is 1. The van der Waals surface area contributed by atoms with E-state index in [1.54, 1.807) is 6.08 Å². The maximum atomic E-state index is 12.0. The zero-order chi connectivity index (χ0) is 16.7. The van der Waals surface area contributed by atoms with E-state index in [9.17, 15) is 4.79 Å². The lowest BCUT2D eigenvalue weighted by Gasteiger charge is -2.09. The van der Waals surface area contributed by atoms with Crippen molar-refractivity contribution >= 4 is 40.7 Å². The van der Waals surface area contributed by atoms with Gasteiger partial charge in [-0.25, -0.2) is 0 Å². The number of rotatable bonds is 7. The Hall–Kier alpha value is -1.35. The Kier molecular flexibility index (Phi) is 6.64. The van der Waals surface area contributed by atoms with Crippen LogP contribution < -0.4 is 0 Å². The molecule has 0 fully saturated rings. The average molecular weight is 363 g/mol. The fourth-order valence-electron chi connectivity index (χ4n) is 2.27. The van der Waals surface area contributed by atoms with E-state index >= 15 is 0 Å². The van der Waals surface area contributed by atoms with Crippen LogP contribution in [0.4, 0.5) is 0 Å². The third-order valence-electron chi connectivity index (χ3n) is 3.55. The maximum absolute atomic E-state index is 12.0. The summed E-state index contributed by atoms with van der Waals surface area (Å²) < 4.78 is 0. The molecule has 0 N–H and O–H groups in total. The Balaban J connectivity index is 1.90. The van der Waals surface area contributed by atoms with Crippen molar-refractivity contribution in [3.05, 3.63) is 77.4 Å². The number of ketones is 1. The molecule has 0 heterocycles. The van der Waals surface area contributed by atoms with Crippen LogP contribution in [0.15, 0.2) is 60.7 Å². The second kappa shape index (κ2) is 8.49. The third kappa shape index (κ3) is 6.74. The van der Waals surface area contributed by atoms with E-state index in [4.69, 9.17) is 22.2 Å². The first-order chi connectivity index (χ1) is 10.9. The van der Waals surface area contributed by atoms with Crippen LogP contribution in [0, 0.1) is 0 Å². The molecule has 0 spiro atoms. The second-order valence-electron chi connectivity index (χ2n) is 5.73. The zero-order valence-corrected chi connectivity index (χ0v) is 15.6. The standard InChI is InChI=1S/C19H20Cl2OSi/c1-23(20,21)15-5-6-16-9-11-17(12-10-16)13-14-19(22)18-7-3-2-4-8-18/h2-4,7-14H,5-6,15H2,1H3. The minimum Gasteiger partial charge on any atom is -0.289 e. The van der Waals surface area contributed by atoms with Crippen LogP contribution in [0.2, 0.25) is 12.6 Å². The highest BCUT2D eigenvalue weighted by Gasteiger charge is 2.19. The van der Waals surface area contributed by atoms with Gasteiger partial charge in [-0.3, -0.25) is 4.79 Å². The Morgan fingerprint density at radius 3 is 2.30 bits per heavy atom. The first kappa shape index (κ1) is 18.0. The predicted octanol–water partition coefficient (Wildman–Crippen LogP) is 6.06. The molecule has 0 unspecified atom stereocenters. The van der Waals surface area contributed by atoms with Gasteiger partial charge in [-0.15, -0.1) is 22.2 Å². The molecular formula is C19H20Cl2OSi. The Bertz CT molecular complexity index is 658. The molecule has 0 aromatic heterocycles. The third-order valence-corrected chi connectivity index (χ3v) is 5.91. The van der Waals surface area contributed by atoms with Gasteiger partial charge < -0.3 is 0 Å². The van der Waals surface area contributed by atoms with Crippen molar-refractivity contribution < 1.29 is 4.79 Å². The first-order valence-electron chi connectivity index (χ1n) is 7.68. The summed E-state index contributed by atoms with van der Waals surface area (Å²) in [4.78, 5) is 12.0. The lowest BCUT2D eigenvalue weighted by molar-refractivity contribution is 0.104. The summed E-state index contributed by atoms with van der Waals surface area (Å²) in [5.41, 5.74) is 2.99. The maximum Gasteiger partial charge on any atom is 0.248 e. The van der Waals surface area contributed by atoms with Gasteiger partial charge in [-0.1, -0.05) is 60.7 Å². The minimum absolute atomic E-state index is 0.0168. The molecular weight excluding hydrogens is 343 g/mol. The molecule has 2 aromatic rings. The highest BCUT2D eigenvalue weighted by Crippen LogP contribution is 2.22. The lowest BCUT2D eigenvalue weighted by atomic mass is 10.1. The van der Waals surface area contributed by atoms with E-state index in [2.05, 4.69) is 12.1 Å². The van der Waals surface area contributed by atoms with Crippen LogP contribution in [-0.2, 0) is 6.42 Å². The summed E-state index contributed by atoms with van der Waals surface area (Å²) in [6.07, 6.45) is 5.45. The molecule has 0 atom stereocenters. The van der Waals surface area contributed by atoms with Gasteiger partial charge in [-0.2, -0.15) is 0 Å². The molecule has 120 valence electrons. The number of allylic oxidation sites excluding steroid dienone is 1. The molecule has 2 rings (SSSR count). The van der Waals surface area contributed by atoms with Crippen LogP contribution >= 0.6 is 22.2 Å². The van der Waals surface area contributed by atoms with Crippen molar-refractivity contribution in [2.24, 2.45) is 0 Å². The van der Waals surface area contributed by atoms with Crippen LogP contribution in [0.3, 0.4) is 0 Å². The fraction of sp³-hybridized carbons (Fsp3) is 0.211. The average Bonchev–Trinajstić information content (AvgIpc) is 2.53. The van der Waals surface area contributed by atoms with Gasteiger partial charge in [0.1, 0.15) is 0 Å². The Morgan fingerprint density at radius 1 is 1.04 bits per heavy atom. The molecule has 0 radical (unpaired) electrons. The molecule has 0 aliphatic rings. The second-order valence-corrected chi connectivity index (χ2v) is 14.0. The van der Waals surface area contributed by atoms with E-state index < -0.39 is 6.69 Å². The molecule has 0 aliphatic heterocycles. The summed E-state index contributed by atoms with van der Waals surface area (Å²) >= 11 is 12.2. The normalized spacial score (nSPS) is 11.8. The SMILES string of the molecule is C[Si](Cl)(Cl)CCCc1ccc(C=CC(=O)c2ccccc2)cc1. The van der Waals surface area contributed by atoms with E-state index in [1.165, 1.54) is 5.56 Å². The number of halogens is 2. The molecule has 0 saturated carbocycles. The quantitative estimate of drug-likeness (QED) is 0.253. The van der Waals surface area contributed by atoms with E-state index in [0.717, 1.165) is 24.4 Å². The molecule has 1 nitrogen and oxygen atoms in total.